The first-order valence-electron chi connectivity index (χ1n) is 9.06. The molecule has 23 heavy (non-hydrogen) atoms. The van der Waals surface area contributed by atoms with Crippen LogP contribution in [0, 0.1) is 5.92 Å². The number of halogens is 1. The molecule has 0 aliphatic carbocycles. The number of rotatable bonds is 5. The van der Waals surface area contributed by atoms with Gasteiger partial charge in [0.25, 0.3) is 0 Å². The number of guanidine groups is 1. The highest BCUT2D eigenvalue weighted by molar-refractivity contribution is 14.0. The molecule has 0 spiro atoms. The van der Waals surface area contributed by atoms with Gasteiger partial charge in [-0.2, -0.15) is 0 Å². The molecule has 0 radical (unpaired) electrons. The lowest BCUT2D eigenvalue weighted by molar-refractivity contribution is 0.208. The molecule has 0 bridgehead atoms. The lowest BCUT2D eigenvalue weighted by Crippen LogP contribution is -2.46. The first-order chi connectivity index (χ1) is 10.7. The third-order valence-corrected chi connectivity index (χ3v) is 5.27. The van der Waals surface area contributed by atoms with Crippen LogP contribution in [0.15, 0.2) is 4.99 Å². The Morgan fingerprint density at radius 1 is 1.17 bits per heavy atom. The van der Waals surface area contributed by atoms with E-state index in [0.717, 1.165) is 44.6 Å². The van der Waals surface area contributed by atoms with Gasteiger partial charge in [-0.3, -0.25) is 9.89 Å². The number of nitrogens with zero attached hydrogens (tertiary/aromatic N) is 4. The van der Waals surface area contributed by atoms with Gasteiger partial charge in [0.05, 0.1) is 0 Å². The van der Waals surface area contributed by atoms with Crippen molar-refractivity contribution < 1.29 is 0 Å². The zero-order valence-corrected chi connectivity index (χ0v) is 17.8. The fourth-order valence-electron chi connectivity index (χ4n) is 3.98. The summed E-state index contributed by atoms with van der Waals surface area (Å²) in [4.78, 5) is 12.0. The van der Waals surface area contributed by atoms with Crippen molar-refractivity contribution >= 4 is 29.9 Å². The Balaban J connectivity index is 0.00000264. The summed E-state index contributed by atoms with van der Waals surface area (Å²) >= 11 is 0. The number of likely N-dealkylation sites (tertiary alicyclic amines) is 2. The largest absolute Gasteiger partial charge is 0.356 e. The smallest absolute Gasteiger partial charge is 0.193 e. The van der Waals surface area contributed by atoms with Crippen LogP contribution in [0.25, 0.3) is 0 Å². The molecule has 2 aliphatic rings. The number of nitrogens with one attached hydrogen (secondary N) is 1. The van der Waals surface area contributed by atoms with Crippen LogP contribution in [0.1, 0.15) is 33.1 Å². The molecule has 0 saturated carbocycles. The maximum Gasteiger partial charge on any atom is 0.193 e. The minimum Gasteiger partial charge on any atom is -0.356 e. The first-order valence-corrected chi connectivity index (χ1v) is 9.06. The molecule has 0 aromatic rings. The minimum atomic E-state index is 0. The van der Waals surface area contributed by atoms with Gasteiger partial charge in [0.1, 0.15) is 0 Å². The molecule has 136 valence electrons. The molecule has 2 fully saturated rings. The summed E-state index contributed by atoms with van der Waals surface area (Å²) in [6.45, 7) is 12.6. The quantitative estimate of drug-likeness (QED) is 0.405. The Kier molecular flexibility index (Phi) is 9.77. The van der Waals surface area contributed by atoms with Gasteiger partial charge in [0.15, 0.2) is 5.96 Å². The molecule has 2 atom stereocenters. The van der Waals surface area contributed by atoms with E-state index in [1.165, 1.54) is 32.4 Å². The normalized spacial score (nSPS) is 26.5. The fraction of sp³-hybridized carbons (Fsp3) is 0.941. The average molecular weight is 437 g/mol. The molecule has 0 aromatic carbocycles. The van der Waals surface area contributed by atoms with Gasteiger partial charge in [0.2, 0.25) is 0 Å². The molecule has 2 heterocycles. The monoisotopic (exact) mass is 437 g/mol. The van der Waals surface area contributed by atoms with E-state index in [-0.39, 0.29) is 24.0 Å². The third kappa shape index (κ3) is 6.05. The van der Waals surface area contributed by atoms with E-state index in [1.54, 1.807) is 0 Å². The third-order valence-electron chi connectivity index (χ3n) is 5.27. The number of piperidine rings is 1. The standard InChI is InChI=1S/C17H35N5.HI/c1-5-21(6-2)16-9-11-22(14-16)17(18-3)19-12-15-8-7-10-20(4)13-15;/h15-16H,5-14H2,1-4H3,(H,18,19);1H. The van der Waals surface area contributed by atoms with E-state index >= 15 is 0 Å². The zero-order chi connectivity index (χ0) is 15.9. The van der Waals surface area contributed by atoms with Gasteiger partial charge >= 0.3 is 0 Å². The van der Waals surface area contributed by atoms with Crippen LogP contribution in [0.2, 0.25) is 0 Å². The van der Waals surface area contributed by atoms with Gasteiger partial charge in [-0.05, 0) is 51.9 Å². The van der Waals surface area contributed by atoms with Crippen LogP contribution < -0.4 is 5.32 Å². The van der Waals surface area contributed by atoms with Gasteiger partial charge < -0.3 is 15.1 Å². The Morgan fingerprint density at radius 3 is 2.52 bits per heavy atom. The van der Waals surface area contributed by atoms with Crippen LogP contribution in [0.3, 0.4) is 0 Å². The minimum absolute atomic E-state index is 0. The summed E-state index contributed by atoms with van der Waals surface area (Å²) in [7, 11) is 4.15. The summed E-state index contributed by atoms with van der Waals surface area (Å²) in [6.07, 6.45) is 3.93. The van der Waals surface area contributed by atoms with E-state index in [1.807, 2.05) is 7.05 Å². The van der Waals surface area contributed by atoms with Crippen molar-refractivity contribution in [3.8, 4) is 0 Å². The van der Waals surface area contributed by atoms with Gasteiger partial charge in [-0.15, -0.1) is 24.0 Å². The first kappa shape index (κ1) is 21.0. The van der Waals surface area contributed by atoms with Crippen molar-refractivity contribution in [2.45, 2.75) is 39.2 Å². The number of hydrogen-bond acceptors (Lipinski definition) is 3. The molecule has 5 nitrogen and oxygen atoms in total. The number of likely N-dealkylation sites (N-methyl/N-ethyl adjacent to an activating group) is 1. The van der Waals surface area contributed by atoms with Crippen LogP contribution >= 0.6 is 24.0 Å². The average Bonchev–Trinajstić information content (AvgIpc) is 2.99. The van der Waals surface area contributed by atoms with Gasteiger partial charge in [-0.25, -0.2) is 0 Å². The summed E-state index contributed by atoms with van der Waals surface area (Å²) in [6, 6.07) is 0.689. The van der Waals surface area contributed by atoms with Crippen LogP contribution in [-0.4, -0.2) is 86.6 Å². The number of hydrogen-bond donors (Lipinski definition) is 1. The van der Waals surface area contributed by atoms with E-state index in [0.29, 0.717) is 6.04 Å². The Bertz CT molecular complexity index is 359. The highest BCUT2D eigenvalue weighted by Gasteiger charge is 2.28. The lowest BCUT2D eigenvalue weighted by atomic mass is 9.99. The van der Waals surface area contributed by atoms with Crippen molar-refractivity contribution in [3.63, 3.8) is 0 Å². The van der Waals surface area contributed by atoms with Crippen LogP contribution in [-0.2, 0) is 0 Å². The Morgan fingerprint density at radius 2 is 1.91 bits per heavy atom. The molecule has 2 unspecified atom stereocenters. The van der Waals surface area contributed by atoms with Crippen molar-refractivity contribution in [1.29, 1.82) is 0 Å². The maximum absolute atomic E-state index is 4.52. The molecule has 2 saturated heterocycles. The summed E-state index contributed by atoms with van der Waals surface area (Å²) in [5, 5.41) is 3.63. The molecular weight excluding hydrogens is 401 g/mol. The predicted molar refractivity (Wildman–Crippen MR) is 110 cm³/mol. The second-order valence-corrected chi connectivity index (χ2v) is 6.81. The molecule has 2 aliphatic heterocycles. The van der Waals surface area contributed by atoms with E-state index in [4.69, 9.17) is 0 Å². The van der Waals surface area contributed by atoms with E-state index in [2.05, 4.69) is 45.9 Å². The molecule has 1 N–H and O–H groups in total. The van der Waals surface area contributed by atoms with Crippen LogP contribution in [0.5, 0.6) is 0 Å². The van der Waals surface area contributed by atoms with Crippen LogP contribution in [0.4, 0.5) is 0 Å². The van der Waals surface area contributed by atoms with Crippen molar-refractivity contribution in [1.82, 2.24) is 20.0 Å². The summed E-state index contributed by atoms with van der Waals surface area (Å²) in [5.74, 6) is 1.86. The fourth-order valence-corrected chi connectivity index (χ4v) is 3.98. The highest BCUT2D eigenvalue weighted by atomic mass is 127. The molecule has 0 amide bonds. The molecular formula is C17H36IN5. The van der Waals surface area contributed by atoms with Gasteiger partial charge in [0, 0.05) is 39.3 Å². The summed E-state index contributed by atoms with van der Waals surface area (Å²) in [5.41, 5.74) is 0. The molecule has 2 rings (SSSR count). The predicted octanol–water partition coefficient (Wildman–Crippen LogP) is 1.94. The molecule has 0 aromatic heterocycles. The van der Waals surface area contributed by atoms with E-state index in [9.17, 15) is 0 Å². The number of aliphatic imine (C=N–C) groups is 1. The topological polar surface area (TPSA) is 34.1 Å². The summed E-state index contributed by atoms with van der Waals surface area (Å²) < 4.78 is 0. The Labute approximate surface area is 159 Å². The second kappa shape index (κ2) is 10.7. The SMILES string of the molecule is CCN(CC)C1CCN(C(=NC)NCC2CCCN(C)C2)C1.I. The lowest BCUT2D eigenvalue weighted by Gasteiger charge is -2.31. The van der Waals surface area contributed by atoms with Crippen molar-refractivity contribution in [2.24, 2.45) is 10.9 Å². The van der Waals surface area contributed by atoms with E-state index < -0.39 is 0 Å². The Hall–Kier alpha value is -0.0800. The van der Waals surface area contributed by atoms with Crippen molar-refractivity contribution in [3.05, 3.63) is 0 Å². The maximum atomic E-state index is 4.52. The second-order valence-electron chi connectivity index (χ2n) is 6.81. The zero-order valence-electron chi connectivity index (χ0n) is 15.4. The highest BCUT2D eigenvalue weighted by Crippen LogP contribution is 2.17. The molecule has 6 heteroatoms. The van der Waals surface area contributed by atoms with Gasteiger partial charge in [-0.1, -0.05) is 13.8 Å². The van der Waals surface area contributed by atoms with Crippen molar-refractivity contribution in [2.75, 3.05) is 59.9 Å².